The molecule has 5 heteroatoms. The van der Waals surface area contributed by atoms with Crippen LogP contribution in [0.2, 0.25) is 0 Å². The van der Waals surface area contributed by atoms with Crippen molar-refractivity contribution in [3.63, 3.8) is 0 Å². The van der Waals surface area contributed by atoms with Crippen LogP contribution in [-0.2, 0) is 14.5 Å². The summed E-state index contributed by atoms with van der Waals surface area (Å²) in [4.78, 5) is 0. The molecule has 0 aromatic heterocycles. The van der Waals surface area contributed by atoms with Gasteiger partial charge in [-0.15, -0.1) is 0 Å². The molecule has 1 saturated carbocycles. The predicted octanol–water partition coefficient (Wildman–Crippen LogP) is 0.162. The fourth-order valence-electron chi connectivity index (χ4n) is 1.72. The molecule has 1 saturated heterocycles. The van der Waals surface area contributed by atoms with Crippen LogP contribution in [0.5, 0.6) is 0 Å². The molecule has 1 N–H and O–H groups in total. The Balaban J connectivity index is 2.15. The van der Waals surface area contributed by atoms with Crippen LogP contribution in [0.25, 0.3) is 0 Å². The highest BCUT2D eigenvalue weighted by Gasteiger charge is 2.38. The second kappa shape index (κ2) is 2.43. The number of hydrogen-bond acceptors (Lipinski definition) is 3. The summed E-state index contributed by atoms with van der Waals surface area (Å²) in [5, 5.41) is 0. The minimum Gasteiger partial charge on any atom is -0.253 e. The van der Waals surface area contributed by atoms with E-state index in [1.165, 1.54) is 0 Å². The SMILES string of the molecule is O=S1(=O)N[C@@H]2CCCC[C@H]2O1. The van der Waals surface area contributed by atoms with E-state index in [0.717, 1.165) is 25.7 Å². The summed E-state index contributed by atoms with van der Waals surface area (Å²) in [5.74, 6) is 0. The third-order valence-electron chi connectivity index (χ3n) is 2.25. The van der Waals surface area contributed by atoms with Gasteiger partial charge in [-0.05, 0) is 12.8 Å². The van der Waals surface area contributed by atoms with Gasteiger partial charge in [0.15, 0.2) is 0 Å². The minimum absolute atomic E-state index is 0.0498. The monoisotopic (exact) mass is 177 g/mol. The largest absolute Gasteiger partial charge is 0.336 e. The Morgan fingerprint density at radius 2 is 2.00 bits per heavy atom. The van der Waals surface area contributed by atoms with E-state index in [9.17, 15) is 8.42 Å². The number of rotatable bonds is 0. The molecule has 0 aromatic rings. The molecule has 2 fully saturated rings. The summed E-state index contributed by atoms with van der Waals surface area (Å²) in [6.45, 7) is 0. The van der Waals surface area contributed by atoms with Crippen LogP contribution < -0.4 is 4.72 Å². The molecule has 0 unspecified atom stereocenters. The lowest BCUT2D eigenvalue weighted by Gasteiger charge is -2.20. The van der Waals surface area contributed by atoms with Gasteiger partial charge in [0, 0.05) is 0 Å². The first kappa shape index (κ1) is 7.52. The quantitative estimate of drug-likeness (QED) is 0.573. The fraction of sp³-hybridized carbons (Fsp3) is 1.00. The van der Waals surface area contributed by atoms with E-state index >= 15 is 0 Å². The minimum atomic E-state index is -3.38. The van der Waals surface area contributed by atoms with E-state index in [0.29, 0.717) is 0 Å². The van der Waals surface area contributed by atoms with Crippen molar-refractivity contribution < 1.29 is 12.6 Å². The van der Waals surface area contributed by atoms with Gasteiger partial charge >= 0.3 is 10.3 Å². The Kier molecular flexibility index (Phi) is 1.66. The molecule has 2 aliphatic rings. The molecule has 0 bridgehead atoms. The van der Waals surface area contributed by atoms with Crippen LogP contribution >= 0.6 is 0 Å². The lowest BCUT2D eigenvalue weighted by molar-refractivity contribution is 0.171. The molecule has 1 aliphatic carbocycles. The fourth-order valence-corrected chi connectivity index (χ4v) is 2.97. The molecule has 0 radical (unpaired) electrons. The molecule has 2 rings (SSSR count). The summed E-state index contributed by atoms with van der Waals surface area (Å²) in [7, 11) is -3.38. The first-order valence-corrected chi connectivity index (χ1v) is 5.29. The maximum Gasteiger partial charge on any atom is 0.336 e. The van der Waals surface area contributed by atoms with E-state index < -0.39 is 10.3 Å². The summed E-state index contributed by atoms with van der Waals surface area (Å²) < 4.78 is 29.0. The summed E-state index contributed by atoms with van der Waals surface area (Å²) in [6.07, 6.45) is 3.89. The van der Waals surface area contributed by atoms with Crippen LogP contribution in [0.1, 0.15) is 25.7 Å². The average Bonchev–Trinajstić information content (AvgIpc) is 2.21. The second-order valence-corrected chi connectivity index (χ2v) is 4.43. The molecule has 11 heavy (non-hydrogen) atoms. The highest BCUT2D eigenvalue weighted by atomic mass is 32.2. The summed E-state index contributed by atoms with van der Waals surface area (Å²) in [6, 6.07) is 0.0498. The predicted molar refractivity (Wildman–Crippen MR) is 39.2 cm³/mol. The van der Waals surface area contributed by atoms with Crippen molar-refractivity contribution in [2.75, 3.05) is 0 Å². The van der Waals surface area contributed by atoms with Gasteiger partial charge in [0.1, 0.15) is 0 Å². The zero-order valence-corrected chi connectivity index (χ0v) is 6.93. The van der Waals surface area contributed by atoms with E-state index in [2.05, 4.69) is 4.72 Å². The highest BCUT2D eigenvalue weighted by molar-refractivity contribution is 7.85. The Labute approximate surface area is 66.2 Å². The standard InChI is InChI=1S/C6H11NO3S/c8-11(9)7-5-3-1-2-4-6(5)10-11/h5-7H,1-4H2/t5-,6-/m1/s1. The Morgan fingerprint density at radius 3 is 2.73 bits per heavy atom. The van der Waals surface area contributed by atoms with Crippen molar-refractivity contribution in [1.82, 2.24) is 4.72 Å². The molecular weight excluding hydrogens is 166 g/mol. The Morgan fingerprint density at radius 1 is 1.27 bits per heavy atom. The smallest absolute Gasteiger partial charge is 0.253 e. The van der Waals surface area contributed by atoms with Gasteiger partial charge in [-0.1, -0.05) is 12.8 Å². The molecule has 1 heterocycles. The zero-order chi connectivity index (χ0) is 7.90. The van der Waals surface area contributed by atoms with Crippen molar-refractivity contribution in [3.8, 4) is 0 Å². The molecule has 4 nitrogen and oxygen atoms in total. The Hall–Kier alpha value is -0.130. The third-order valence-corrected chi connectivity index (χ3v) is 3.34. The number of nitrogens with one attached hydrogen (secondary N) is 1. The van der Waals surface area contributed by atoms with Gasteiger partial charge in [-0.2, -0.15) is 13.1 Å². The van der Waals surface area contributed by atoms with Crippen LogP contribution in [0, 0.1) is 0 Å². The van der Waals surface area contributed by atoms with Crippen molar-refractivity contribution in [2.45, 2.75) is 37.8 Å². The summed E-state index contributed by atoms with van der Waals surface area (Å²) >= 11 is 0. The first-order chi connectivity index (χ1) is 5.17. The van der Waals surface area contributed by atoms with Crippen molar-refractivity contribution >= 4 is 10.3 Å². The normalized spacial score (nSPS) is 41.8. The van der Waals surface area contributed by atoms with E-state index in [1.54, 1.807) is 0 Å². The lowest BCUT2D eigenvalue weighted by atomic mass is 9.94. The molecule has 0 spiro atoms. The molecule has 2 atom stereocenters. The number of fused-ring (bicyclic) bond motifs is 1. The molecular formula is C6H11NO3S. The average molecular weight is 177 g/mol. The van der Waals surface area contributed by atoms with Gasteiger partial charge in [-0.3, -0.25) is 4.18 Å². The van der Waals surface area contributed by atoms with E-state index in [-0.39, 0.29) is 12.1 Å². The first-order valence-electron chi connectivity index (χ1n) is 3.88. The molecule has 64 valence electrons. The van der Waals surface area contributed by atoms with Crippen LogP contribution in [-0.4, -0.2) is 20.6 Å². The highest BCUT2D eigenvalue weighted by Crippen LogP contribution is 2.27. The van der Waals surface area contributed by atoms with Crippen LogP contribution in [0.15, 0.2) is 0 Å². The Bertz CT molecular complexity index is 229. The van der Waals surface area contributed by atoms with Crippen molar-refractivity contribution in [2.24, 2.45) is 0 Å². The van der Waals surface area contributed by atoms with Gasteiger partial charge in [0.25, 0.3) is 0 Å². The second-order valence-electron chi connectivity index (χ2n) is 3.10. The molecule has 0 amide bonds. The van der Waals surface area contributed by atoms with Crippen molar-refractivity contribution in [3.05, 3.63) is 0 Å². The topological polar surface area (TPSA) is 55.4 Å². The van der Waals surface area contributed by atoms with E-state index in [1.807, 2.05) is 0 Å². The van der Waals surface area contributed by atoms with Crippen molar-refractivity contribution in [1.29, 1.82) is 0 Å². The van der Waals surface area contributed by atoms with Gasteiger partial charge in [0.2, 0.25) is 0 Å². The maximum absolute atomic E-state index is 10.9. The van der Waals surface area contributed by atoms with E-state index in [4.69, 9.17) is 4.18 Å². The van der Waals surface area contributed by atoms with Gasteiger partial charge in [-0.25, -0.2) is 0 Å². The zero-order valence-electron chi connectivity index (χ0n) is 6.12. The van der Waals surface area contributed by atoms with Crippen LogP contribution in [0.4, 0.5) is 0 Å². The molecule has 1 aliphatic heterocycles. The van der Waals surface area contributed by atoms with Crippen LogP contribution in [0.3, 0.4) is 0 Å². The number of hydrogen-bond donors (Lipinski definition) is 1. The molecule has 0 aromatic carbocycles. The third kappa shape index (κ3) is 1.40. The van der Waals surface area contributed by atoms with Gasteiger partial charge in [0.05, 0.1) is 12.1 Å². The maximum atomic E-state index is 10.9. The van der Waals surface area contributed by atoms with Gasteiger partial charge < -0.3 is 0 Å². The summed E-state index contributed by atoms with van der Waals surface area (Å²) in [5.41, 5.74) is 0. The lowest BCUT2D eigenvalue weighted by Crippen LogP contribution is -2.33.